The quantitative estimate of drug-likeness (QED) is 0.740. The Morgan fingerprint density at radius 1 is 1.38 bits per heavy atom. The van der Waals surface area contributed by atoms with E-state index >= 15 is 0 Å². The van der Waals surface area contributed by atoms with E-state index in [4.69, 9.17) is 9.52 Å². The van der Waals surface area contributed by atoms with Gasteiger partial charge in [-0.05, 0) is 25.5 Å². The maximum absolute atomic E-state index is 12.4. The first-order valence-electron chi connectivity index (χ1n) is 7.68. The van der Waals surface area contributed by atoms with Gasteiger partial charge in [-0.1, -0.05) is 19.8 Å². The van der Waals surface area contributed by atoms with Gasteiger partial charge in [-0.3, -0.25) is 9.36 Å². The molecule has 2 rings (SSSR count). The van der Waals surface area contributed by atoms with Crippen LogP contribution in [0.1, 0.15) is 33.1 Å². The van der Waals surface area contributed by atoms with Crippen molar-refractivity contribution >= 4 is 27.1 Å². The summed E-state index contributed by atoms with van der Waals surface area (Å²) in [4.78, 5) is 22.7. The van der Waals surface area contributed by atoms with Crippen LogP contribution in [0.3, 0.4) is 0 Å². The van der Waals surface area contributed by atoms with E-state index in [-0.39, 0.29) is 16.9 Å². The number of rotatable bonds is 8. The number of carbonyl (C=O) groups is 1. The van der Waals surface area contributed by atoms with Crippen molar-refractivity contribution in [3.63, 3.8) is 0 Å². The molecule has 0 saturated carbocycles. The number of hydrogen-bond donors (Lipinski definition) is 2. The van der Waals surface area contributed by atoms with Crippen LogP contribution in [0.4, 0.5) is 0 Å². The fourth-order valence-corrected chi connectivity index (χ4v) is 3.65. The lowest BCUT2D eigenvalue weighted by atomic mass is 10.1. The second-order valence-corrected chi connectivity index (χ2v) is 7.11. The minimum absolute atomic E-state index is 0.144. The van der Waals surface area contributed by atoms with E-state index < -0.39 is 27.8 Å². The van der Waals surface area contributed by atoms with Gasteiger partial charge in [0.2, 0.25) is 10.0 Å². The second-order valence-electron chi connectivity index (χ2n) is 5.40. The summed E-state index contributed by atoms with van der Waals surface area (Å²) in [6.07, 6.45) is 1.55. The van der Waals surface area contributed by atoms with Gasteiger partial charge in [0.25, 0.3) is 0 Å². The van der Waals surface area contributed by atoms with Crippen molar-refractivity contribution in [2.45, 2.75) is 50.6 Å². The Morgan fingerprint density at radius 2 is 2.08 bits per heavy atom. The minimum Gasteiger partial charge on any atom is -0.480 e. The number of hydrogen-bond acceptors (Lipinski definition) is 5. The van der Waals surface area contributed by atoms with E-state index in [0.29, 0.717) is 18.5 Å². The predicted molar refractivity (Wildman–Crippen MR) is 87.4 cm³/mol. The smallest absolute Gasteiger partial charge is 0.419 e. The van der Waals surface area contributed by atoms with E-state index in [1.165, 1.54) is 22.8 Å². The molecule has 0 spiro atoms. The van der Waals surface area contributed by atoms with Crippen molar-refractivity contribution in [1.29, 1.82) is 0 Å². The Kier molecular flexibility index (Phi) is 5.45. The zero-order chi connectivity index (χ0) is 17.9. The number of nitrogens with zero attached hydrogens (tertiary/aromatic N) is 1. The molecule has 1 heterocycles. The van der Waals surface area contributed by atoms with Crippen molar-refractivity contribution < 1.29 is 22.7 Å². The highest BCUT2D eigenvalue weighted by Crippen LogP contribution is 2.19. The van der Waals surface area contributed by atoms with Crippen molar-refractivity contribution in [1.82, 2.24) is 9.29 Å². The zero-order valence-corrected chi connectivity index (χ0v) is 14.3. The molecule has 8 nitrogen and oxygen atoms in total. The maximum Gasteiger partial charge on any atom is 0.419 e. The number of benzene rings is 1. The molecule has 2 aromatic rings. The molecule has 0 bridgehead atoms. The van der Waals surface area contributed by atoms with Crippen molar-refractivity contribution in [2.24, 2.45) is 0 Å². The fourth-order valence-electron chi connectivity index (χ4n) is 2.41. The van der Waals surface area contributed by atoms with Crippen LogP contribution in [0, 0.1) is 0 Å². The van der Waals surface area contributed by atoms with Crippen molar-refractivity contribution in [2.75, 3.05) is 0 Å². The Bertz CT molecular complexity index is 896. The van der Waals surface area contributed by atoms with Gasteiger partial charge in [-0.15, -0.1) is 0 Å². The maximum atomic E-state index is 12.4. The van der Waals surface area contributed by atoms with Crippen LogP contribution < -0.4 is 10.5 Å². The highest BCUT2D eigenvalue weighted by atomic mass is 32.2. The minimum atomic E-state index is -4.04. The van der Waals surface area contributed by atoms with Crippen LogP contribution in [0.15, 0.2) is 32.3 Å². The molecule has 1 aromatic heterocycles. The topological polar surface area (TPSA) is 119 Å². The third kappa shape index (κ3) is 3.68. The molecule has 132 valence electrons. The first kappa shape index (κ1) is 18.2. The highest BCUT2D eigenvalue weighted by Gasteiger charge is 2.25. The van der Waals surface area contributed by atoms with E-state index in [1.807, 2.05) is 6.92 Å². The number of unbranched alkanes of at least 4 members (excludes halogenated alkanes) is 1. The lowest BCUT2D eigenvalue weighted by Gasteiger charge is -2.14. The standard InChI is InChI=1S/C15H20N2O6S/c1-3-5-6-11(14(18)19)16-24(21,22)10-7-8-12-13(9-10)23-15(20)17(12)4-2/h7-9,11,16H,3-6H2,1-2H3,(H,18,19). The molecule has 0 aliphatic heterocycles. The molecule has 0 saturated heterocycles. The Balaban J connectivity index is 2.36. The van der Waals surface area contributed by atoms with Gasteiger partial charge >= 0.3 is 11.7 Å². The number of carboxylic acid groups (broad SMARTS) is 1. The first-order chi connectivity index (χ1) is 11.3. The summed E-state index contributed by atoms with van der Waals surface area (Å²) in [5, 5.41) is 9.16. The molecule has 24 heavy (non-hydrogen) atoms. The van der Waals surface area contributed by atoms with Crippen molar-refractivity contribution in [3.8, 4) is 0 Å². The molecule has 9 heteroatoms. The third-order valence-corrected chi connectivity index (χ3v) is 5.18. The van der Waals surface area contributed by atoms with Gasteiger partial charge in [0.1, 0.15) is 6.04 Å². The largest absolute Gasteiger partial charge is 0.480 e. The van der Waals surface area contributed by atoms with E-state index in [9.17, 15) is 18.0 Å². The first-order valence-corrected chi connectivity index (χ1v) is 9.17. The van der Waals surface area contributed by atoms with Crippen LogP contribution in [0.25, 0.3) is 11.1 Å². The molecule has 0 aliphatic rings. The van der Waals surface area contributed by atoms with Crippen LogP contribution >= 0.6 is 0 Å². The summed E-state index contributed by atoms with van der Waals surface area (Å²) in [7, 11) is -4.04. The number of aliphatic carboxylic acids is 1. The average Bonchev–Trinajstić information content (AvgIpc) is 2.85. The molecule has 2 N–H and O–H groups in total. The number of fused-ring (bicyclic) bond motifs is 1. The van der Waals surface area contributed by atoms with Crippen LogP contribution in [-0.2, 0) is 21.4 Å². The van der Waals surface area contributed by atoms with Crippen molar-refractivity contribution in [3.05, 3.63) is 28.7 Å². The SMILES string of the molecule is CCCCC(NS(=O)(=O)c1ccc2c(c1)oc(=O)n2CC)C(=O)O. The summed E-state index contributed by atoms with van der Waals surface area (Å²) >= 11 is 0. The molecular formula is C15H20N2O6S. The second kappa shape index (κ2) is 7.18. The molecule has 0 aliphatic carbocycles. The lowest BCUT2D eigenvalue weighted by Crippen LogP contribution is -2.40. The van der Waals surface area contributed by atoms with Gasteiger partial charge < -0.3 is 9.52 Å². The van der Waals surface area contributed by atoms with Gasteiger partial charge in [-0.2, -0.15) is 4.72 Å². The molecule has 0 amide bonds. The van der Waals surface area contributed by atoms with Crippen LogP contribution in [-0.4, -0.2) is 30.1 Å². The molecule has 0 radical (unpaired) electrons. The molecule has 1 atom stereocenters. The molecule has 1 aromatic carbocycles. The van der Waals surface area contributed by atoms with Gasteiger partial charge in [-0.25, -0.2) is 13.2 Å². The highest BCUT2D eigenvalue weighted by molar-refractivity contribution is 7.89. The summed E-state index contributed by atoms with van der Waals surface area (Å²) in [6, 6.07) is 2.83. The third-order valence-electron chi connectivity index (χ3n) is 3.71. The average molecular weight is 356 g/mol. The Labute approximate surface area is 139 Å². The van der Waals surface area contributed by atoms with E-state index in [1.54, 1.807) is 6.92 Å². The Hall–Kier alpha value is -2.13. The molecular weight excluding hydrogens is 336 g/mol. The number of nitrogens with one attached hydrogen (secondary N) is 1. The van der Waals surface area contributed by atoms with E-state index in [0.717, 1.165) is 6.42 Å². The summed E-state index contributed by atoms with van der Waals surface area (Å²) < 4.78 is 33.4. The predicted octanol–water partition coefficient (Wildman–Crippen LogP) is 1.54. The number of aryl methyl sites for hydroxylation is 1. The van der Waals surface area contributed by atoms with Gasteiger partial charge in [0.05, 0.1) is 10.4 Å². The summed E-state index contributed by atoms with van der Waals surface area (Å²) in [5.74, 6) is -1.79. The van der Waals surface area contributed by atoms with Crippen LogP contribution in [0.2, 0.25) is 0 Å². The zero-order valence-electron chi connectivity index (χ0n) is 13.5. The van der Waals surface area contributed by atoms with Gasteiger partial charge in [0, 0.05) is 12.6 Å². The van der Waals surface area contributed by atoms with E-state index in [2.05, 4.69) is 4.72 Å². The number of sulfonamides is 1. The molecule has 0 fully saturated rings. The number of oxazole rings is 1. The fraction of sp³-hybridized carbons (Fsp3) is 0.467. The lowest BCUT2D eigenvalue weighted by molar-refractivity contribution is -0.139. The van der Waals surface area contributed by atoms with Crippen LogP contribution in [0.5, 0.6) is 0 Å². The monoisotopic (exact) mass is 356 g/mol. The number of aromatic nitrogens is 1. The normalized spacial score (nSPS) is 13.2. The molecule has 1 unspecified atom stereocenters. The van der Waals surface area contributed by atoms with Gasteiger partial charge in [0.15, 0.2) is 5.58 Å². The Morgan fingerprint density at radius 3 is 2.67 bits per heavy atom. The number of carboxylic acids is 1. The summed E-state index contributed by atoms with van der Waals surface area (Å²) in [6.45, 7) is 4.06. The summed E-state index contributed by atoms with van der Waals surface area (Å²) in [5.41, 5.74) is 0.632.